The molecule has 1 rings (SSSR count). The maximum Gasteiger partial charge on any atom is 0.0558 e. The lowest BCUT2D eigenvalue weighted by atomic mass is 10.2. The number of hydrogen-bond acceptors (Lipinski definition) is 2. The van der Waals surface area contributed by atoms with Crippen LogP contribution in [0.2, 0.25) is 0 Å². The first-order valence-electron chi connectivity index (χ1n) is 5.91. The second-order valence-corrected chi connectivity index (χ2v) is 3.84. The highest BCUT2D eigenvalue weighted by Crippen LogP contribution is 2.01. The van der Waals surface area contributed by atoms with Crippen molar-refractivity contribution in [3.05, 3.63) is 42.0 Å². The molecule has 16 heavy (non-hydrogen) atoms. The summed E-state index contributed by atoms with van der Waals surface area (Å²) in [6, 6.07) is 10.3. The highest BCUT2D eigenvalue weighted by Gasteiger charge is 1.98. The molecule has 0 aliphatic heterocycles. The van der Waals surface area contributed by atoms with Crippen molar-refractivity contribution in [2.45, 2.75) is 13.3 Å². The van der Waals surface area contributed by atoms with E-state index in [1.807, 2.05) is 18.2 Å². The molecule has 0 saturated carbocycles. The smallest absolute Gasteiger partial charge is 0.0558 e. The first-order chi connectivity index (χ1) is 7.86. The van der Waals surface area contributed by atoms with Crippen LogP contribution in [0.15, 0.2) is 36.4 Å². The van der Waals surface area contributed by atoms with Crippen molar-refractivity contribution < 1.29 is 5.11 Å². The molecule has 0 aromatic heterocycles. The van der Waals surface area contributed by atoms with E-state index in [1.54, 1.807) is 0 Å². The molecule has 88 valence electrons. The molecular formula is C14H21NO. The second-order valence-electron chi connectivity index (χ2n) is 3.84. The quantitative estimate of drug-likeness (QED) is 0.761. The SMILES string of the molecule is CCCN(C/C=C/c1ccccc1)CCO. The van der Waals surface area contributed by atoms with Crippen molar-refractivity contribution in [3.63, 3.8) is 0 Å². The van der Waals surface area contributed by atoms with Crippen molar-refractivity contribution in [1.82, 2.24) is 4.90 Å². The zero-order valence-electron chi connectivity index (χ0n) is 9.97. The van der Waals surface area contributed by atoms with Crippen LogP contribution in [-0.2, 0) is 0 Å². The van der Waals surface area contributed by atoms with Gasteiger partial charge in [0.2, 0.25) is 0 Å². The van der Waals surface area contributed by atoms with Gasteiger partial charge in [-0.2, -0.15) is 0 Å². The van der Waals surface area contributed by atoms with Crippen molar-refractivity contribution in [3.8, 4) is 0 Å². The lowest BCUT2D eigenvalue weighted by Crippen LogP contribution is -2.27. The Bertz CT molecular complexity index is 289. The van der Waals surface area contributed by atoms with Crippen LogP contribution in [0.25, 0.3) is 6.08 Å². The van der Waals surface area contributed by atoms with E-state index >= 15 is 0 Å². The van der Waals surface area contributed by atoms with Crippen LogP contribution >= 0.6 is 0 Å². The molecule has 1 aromatic rings. The third kappa shape index (κ3) is 5.10. The van der Waals surface area contributed by atoms with Gasteiger partial charge in [-0.15, -0.1) is 0 Å². The van der Waals surface area contributed by atoms with Crippen LogP contribution in [0.3, 0.4) is 0 Å². The monoisotopic (exact) mass is 219 g/mol. The standard InChI is InChI=1S/C14H21NO/c1-2-10-15(12-13-16)11-6-9-14-7-4-3-5-8-14/h3-9,16H,2,10-13H2,1H3/b9-6+. The molecule has 0 aliphatic carbocycles. The zero-order chi connectivity index (χ0) is 11.6. The van der Waals surface area contributed by atoms with Crippen LogP contribution in [0.4, 0.5) is 0 Å². The molecule has 0 radical (unpaired) electrons. The first-order valence-corrected chi connectivity index (χ1v) is 5.91. The molecule has 0 atom stereocenters. The summed E-state index contributed by atoms with van der Waals surface area (Å²) in [5, 5.41) is 8.91. The van der Waals surface area contributed by atoms with E-state index < -0.39 is 0 Å². The Labute approximate surface area is 98.2 Å². The predicted molar refractivity (Wildman–Crippen MR) is 69.3 cm³/mol. The van der Waals surface area contributed by atoms with Gasteiger partial charge in [0.15, 0.2) is 0 Å². The van der Waals surface area contributed by atoms with Crippen LogP contribution in [0.1, 0.15) is 18.9 Å². The molecule has 0 unspecified atom stereocenters. The van der Waals surface area contributed by atoms with Gasteiger partial charge in [-0.25, -0.2) is 0 Å². The Morgan fingerprint density at radius 3 is 2.56 bits per heavy atom. The summed E-state index contributed by atoms with van der Waals surface area (Å²) in [5.41, 5.74) is 1.22. The summed E-state index contributed by atoms with van der Waals surface area (Å²) in [7, 11) is 0. The molecule has 0 amide bonds. The van der Waals surface area contributed by atoms with Gasteiger partial charge in [-0.05, 0) is 18.5 Å². The van der Waals surface area contributed by atoms with E-state index in [9.17, 15) is 0 Å². The van der Waals surface area contributed by atoms with E-state index in [-0.39, 0.29) is 6.61 Å². The molecule has 1 N–H and O–H groups in total. The topological polar surface area (TPSA) is 23.5 Å². The third-order valence-corrected chi connectivity index (χ3v) is 2.43. The number of nitrogens with zero attached hydrogens (tertiary/aromatic N) is 1. The van der Waals surface area contributed by atoms with Crippen molar-refractivity contribution in [1.29, 1.82) is 0 Å². The van der Waals surface area contributed by atoms with Gasteiger partial charge in [0.05, 0.1) is 6.61 Å². The summed E-state index contributed by atoms with van der Waals surface area (Å²) >= 11 is 0. The van der Waals surface area contributed by atoms with Crippen LogP contribution in [-0.4, -0.2) is 36.2 Å². The number of hydrogen-bond donors (Lipinski definition) is 1. The molecule has 0 aliphatic rings. The van der Waals surface area contributed by atoms with Gasteiger partial charge in [0.1, 0.15) is 0 Å². The summed E-state index contributed by atoms with van der Waals surface area (Å²) in [5.74, 6) is 0. The number of aliphatic hydroxyl groups is 1. The van der Waals surface area contributed by atoms with Gasteiger partial charge >= 0.3 is 0 Å². The van der Waals surface area contributed by atoms with E-state index in [2.05, 4.69) is 36.1 Å². The fourth-order valence-electron chi connectivity index (χ4n) is 1.65. The van der Waals surface area contributed by atoms with Crippen molar-refractivity contribution in [2.24, 2.45) is 0 Å². The molecule has 0 spiro atoms. The van der Waals surface area contributed by atoms with Crippen LogP contribution < -0.4 is 0 Å². The van der Waals surface area contributed by atoms with Gasteiger partial charge in [-0.3, -0.25) is 4.90 Å². The zero-order valence-corrected chi connectivity index (χ0v) is 9.97. The molecule has 0 bridgehead atoms. The van der Waals surface area contributed by atoms with E-state index in [4.69, 9.17) is 5.11 Å². The van der Waals surface area contributed by atoms with Crippen LogP contribution in [0, 0.1) is 0 Å². The van der Waals surface area contributed by atoms with E-state index in [1.165, 1.54) is 5.56 Å². The molecule has 2 heteroatoms. The van der Waals surface area contributed by atoms with Gasteiger partial charge < -0.3 is 5.11 Å². The summed E-state index contributed by atoms with van der Waals surface area (Å²) in [6.07, 6.45) is 5.40. The second kappa shape index (κ2) is 8.08. The highest BCUT2D eigenvalue weighted by molar-refractivity contribution is 5.48. The van der Waals surface area contributed by atoms with Gasteiger partial charge in [0, 0.05) is 13.1 Å². The molecule has 2 nitrogen and oxygen atoms in total. The molecule has 1 aromatic carbocycles. The largest absolute Gasteiger partial charge is 0.395 e. The van der Waals surface area contributed by atoms with Gasteiger partial charge in [-0.1, -0.05) is 49.4 Å². The van der Waals surface area contributed by atoms with E-state index in [0.29, 0.717) is 0 Å². The highest BCUT2D eigenvalue weighted by atomic mass is 16.3. The number of rotatable bonds is 7. The summed E-state index contributed by atoms with van der Waals surface area (Å²) in [6.45, 7) is 5.10. The maximum absolute atomic E-state index is 8.91. The molecule has 0 saturated heterocycles. The van der Waals surface area contributed by atoms with E-state index in [0.717, 1.165) is 26.1 Å². The average Bonchev–Trinajstić information content (AvgIpc) is 2.31. The fraction of sp³-hybridized carbons (Fsp3) is 0.429. The molecule has 0 heterocycles. The lowest BCUT2D eigenvalue weighted by molar-refractivity contribution is 0.209. The van der Waals surface area contributed by atoms with Crippen molar-refractivity contribution in [2.75, 3.05) is 26.2 Å². The fourth-order valence-corrected chi connectivity index (χ4v) is 1.65. The maximum atomic E-state index is 8.91. The lowest BCUT2D eigenvalue weighted by Gasteiger charge is -2.18. The Morgan fingerprint density at radius 1 is 1.19 bits per heavy atom. The average molecular weight is 219 g/mol. The first kappa shape index (κ1) is 12.9. The summed E-state index contributed by atoms with van der Waals surface area (Å²) < 4.78 is 0. The minimum atomic E-state index is 0.235. The molecule has 0 fully saturated rings. The Kier molecular flexibility index (Phi) is 6.54. The number of aliphatic hydroxyl groups excluding tert-OH is 1. The minimum Gasteiger partial charge on any atom is -0.395 e. The Balaban J connectivity index is 2.39. The predicted octanol–water partition coefficient (Wildman–Crippen LogP) is 2.40. The third-order valence-electron chi connectivity index (χ3n) is 2.43. The van der Waals surface area contributed by atoms with Crippen molar-refractivity contribution >= 4 is 6.08 Å². The minimum absolute atomic E-state index is 0.235. The Hall–Kier alpha value is -1.12. The van der Waals surface area contributed by atoms with Gasteiger partial charge in [0.25, 0.3) is 0 Å². The Morgan fingerprint density at radius 2 is 1.94 bits per heavy atom. The number of benzene rings is 1. The van der Waals surface area contributed by atoms with Crippen LogP contribution in [0.5, 0.6) is 0 Å². The normalized spacial score (nSPS) is 11.4. The molecular weight excluding hydrogens is 198 g/mol. The summed E-state index contributed by atoms with van der Waals surface area (Å²) in [4.78, 5) is 2.25.